The first-order valence-electron chi connectivity index (χ1n) is 9.40. The average molecular weight is 510 g/mol. The highest BCUT2D eigenvalue weighted by Crippen LogP contribution is 2.34. The number of carbonyl (C=O) groups excluding carboxylic acids is 4. The first-order valence-corrected chi connectivity index (χ1v) is 11.0. The standard InChI is InChI=1S/C21H17Cl2N3O6S/c22-12-5-7-13(8-6-12)31-10-16(27)25-26-17(28)11-32-18(29)9-24-21(30)20-19(23)14-3-1-2-4-15(14)33-20/h1-8H,9-11H2,(H,24,30)(H,25,27)(H,26,28). The molecule has 3 N–H and O–H groups in total. The molecule has 0 aliphatic carbocycles. The SMILES string of the molecule is O=C(COC(=O)CNC(=O)c1sc2ccccc2c1Cl)NNC(=O)COc1ccc(Cl)cc1. The van der Waals surface area contributed by atoms with Crippen molar-refractivity contribution >= 4 is 68.3 Å². The van der Waals surface area contributed by atoms with Gasteiger partial charge in [-0.05, 0) is 30.3 Å². The van der Waals surface area contributed by atoms with Crippen LogP contribution in [0.15, 0.2) is 48.5 Å². The molecule has 172 valence electrons. The highest BCUT2D eigenvalue weighted by Gasteiger charge is 2.18. The normalized spacial score (nSPS) is 10.4. The Morgan fingerprint density at radius 3 is 2.24 bits per heavy atom. The fourth-order valence-electron chi connectivity index (χ4n) is 2.48. The van der Waals surface area contributed by atoms with Crippen molar-refractivity contribution in [2.75, 3.05) is 19.8 Å². The number of fused-ring (bicyclic) bond motifs is 1. The molecule has 0 bridgehead atoms. The highest BCUT2D eigenvalue weighted by atomic mass is 35.5. The first-order chi connectivity index (χ1) is 15.8. The number of halogens is 2. The number of benzene rings is 2. The third kappa shape index (κ3) is 7.07. The summed E-state index contributed by atoms with van der Waals surface area (Å²) in [5, 5.41) is 3.97. The van der Waals surface area contributed by atoms with Crippen LogP contribution in [0, 0.1) is 0 Å². The van der Waals surface area contributed by atoms with Gasteiger partial charge in [-0.15, -0.1) is 11.3 Å². The smallest absolute Gasteiger partial charge is 0.325 e. The molecule has 3 amide bonds. The molecule has 0 saturated carbocycles. The second kappa shape index (κ2) is 11.5. The van der Waals surface area contributed by atoms with Crippen molar-refractivity contribution in [2.24, 2.45) is 0 Å². The molecule has 0 spiro atoms. The highest BCUT2D eigenvalue weighted by molar-refractivity contribution is 7.21. The Morgan fingerprint density at radius 1 is 0.879 bits per heavy atom. The minimum absolute atomic E-state index is 0.270. The summed E-state index contributed by atoms with van der Waals surface area (Å²) in [5.41, 5.74) is 4.19. The van der Waals surface area contributed by atoms with Crippen molar-refractivity contribution in [2.45, 2.75) is 0 Å². The zero-order valence-electron chi connectivity index (χ0n) is 16.9. The Labute approximate surface area is 201 Å². The van der Waals surface area contributed by atoms with E-state index < -0.39 is 36.8 Å². The number of hydrogen-bond acceptors (Lipinski definition) is 7. The van der Waals surface area contributed by atoms with E-state index in [0.717, 1.165) is 10.1 Å². The van der Waals surface area contributed by atoms with Gasteiger partial charge in [-0.25, -0.2) is 0 Å². The van der Waals surface area contributed by atoms with E-state index in [1.807, 2.05) is 12.1 Å². The summed E-state index contributed by atoms with van der Waals surface area (Å²) in [6.07, 6.45) is 0. The quantitative estimate of drug-likeness (QED) is 0.317. The van der Waals surface area contributed by atoms with Crippen LogP contribution in [0.2, 0.25) is 10.0 Å². The lowest BCUT2D eigenvalue weighted by Gasteiger charge is -2.09. The molecular weight excluding hydrogens is 493 g/mol. The Balaban J connectivity index is 1.33. The molecule has 1 aromatic heterocycles. The molecule has 0 atom stereocenters. The lowest BCUT2D eigenvalue weighted by atomic mass is 10.2. The van der Waals surface area contributed by atoms with Crippen LogP contribution in [-0.2, 0) is 19.1 Å². The Kier molecular flexibility index (Phi) is 8.47. The molecule has 2 aromatic carbocycles. The fraction of sp³-hybridized carbons (Fsp3) is 0.143. The summed E-state index contributed by atoms with van der Waals surface area (Å²) in [4.78, 5) is 47.8. The van der Waals surface area contributed by atoms with Crippen molar-refractivity contribution in [3.63, 3.8) is 0 Å². The summed E-state index contributed by atoms with van der Waals surface area (Å²) in [6, 6.07) is 13.6. The van der Waals surface area contributed by atoms with E-state index in [9.17, 15) is 19.2 Å². The van der Waals surface area contributed by atoms with Gasteiger partial charge >= 0.3 is 5.97 Å². The minimum Gasteiger partial charge on any atom is -0.484 e. The van der Waals surface area contributed by atoms with Gasteiger partial charge in [-0.2, -0.15) is 0 Å². The van der Waals surface area contributed by atoms with Crippen molar-refractivity contribution in [3.05, 3.63) is 63.5 Å². The molecule has 0 radical (unpaired) electrons. The van der Waals surface area contributed by atoms with Gasteiger partial charge in [0.15, 0.2) is 13.2 Å². The monoisotopic (exact) mass is 509 g/mol. The molecule has 9 nitrogen and oxygen atoms in total. The van der Waals surface area contributed by atoms with Gasteiger partial charge in [0, 0.05) is 15.1 Å². The van der Waals surface area contributed by atoms with Gasteiger partial charge in [0.1, 0.15) is 17.2 Å². The number of rotatable bonds is 8. The first kappa shape index (κ1) is 24.3. The molecule has 1 heterocycles. The predicted molar refractivity (Wildman–Crippen MR) is 123 cm³/mol. The van der Waals surface area contributed by atoms with Crippen LogP contribution in [-0.4, -0.2) is 43.4 Å². The topological polar surface area (TPSA) is 123 Å². The molecule has 0 saturated heterocycles. The maximum atomic E-state index is 12.3. The van der Waals surface area contributed by atoms with Crippen LogP contribution < -0.4 is 20.9 Å². The third-order valence-corrected chi connectivity index (χ3v) is 5.95. The molecular formula is C21H17Cl2N3O6S. The summed E-state index contributed by atoms with van der Waals surface area (Å²) in [6.45, 7) is -1.47. The number of thiophene rings is 1. The molecule has 33 heavy (non-hydrogen) atoms. The van der Waals surface area contributed by atoms with Gasteiger partial charge < -0.3 is 14.8 Å². The van der Waals surface area contributed by atoms with E-state index in [4.69, 9.17) is 32.7 Å². The van der Waals surface area contributed by atoms with Crippen molar-refractivity contribution in [1.82, 2.24) is 16.2 Å². The predicted octanol–water partition coefficient (Wildman–Crippen LogP) is 2.71. The minimum atomic E-state index is -0.840. The molecule has 0 unspecified atom stereocenters. The van der Waals surface area contributed by atoms with Gasteiger partial charge in [0.05, 0.1) is 5.02 Å². The average Bonchev–Trinajstić information content (AvgIpc) is 3.16. The van der Waals surface area contributed by atoms with E-state index in [1.165, 1.54) is 11.3 Å². The largest absolute Gasteiger partial charge is 0.484 e. The maximum Gasteiger partial charge on any atom is 0.325 e. The van der Waals surface area contributed by atoms with E-state index in [0.29, 0.717) is 15.8 Å². The second-order valence-electron chi connectivity index (χ2n) is 6.42. The summed E-state index contributed by atoms with van der Waals surface area (Å²) in [7, 11) is 0. The van der Waals surface area contributed by atoms with Crippen LogP contribution in [0.3, 0.4) is 0 Å². The van der Waals surface area contributed by atoms with E-state index in [-0.39, 0.29) is 11.5 Å². The van der Waals surface area contributed by atoms with Crippen molar-refractivity contribution in [3.8, 4) is 5.75 Å². The Morgan fingerprint density at radius 2 is 1.55 bits per heavy atom. The second-order valence-corrected chi connectivity index (χ2v) is 8.29. The van der Waals surface area contributed by atoms with E-state index in [2.05, 4.69) is 16.2 Å². The summed E-state index contributed by atoms with van der Waals surface area (Å²) < 4.78 is 10.8. The summed E-state index contributed by atoms with van der Waals surface area (Å²) >= 11 is 13.2. The number of nitrogens with one attached hydrogen (secondary N) is 3. The van der Waals surface area contributed by atoms with Gasteiger partial charge in [-0.1, -0.05) is 41.4 Å². The Hall–Kier alpha value is -3.34. The maximum absolute atomic E-state index is 12.3. The number of hydrazine groups is 1. The van der Waals surface area contributed by atoms with E-state index in [1.54, 1.807) is 36.4 Å². The van der Waals surface area contributed by atoms with Crippen molar-refractivity contribution < 1.29 is 28.7 Å². The van der Waals surface area contributed by atoms with Crippen molar-refractivity contribution in [1.29, 1.82) is 0 Å². The zero-order valence-corrected chi connectivity index (χ0v) is 19.2. The van der Waals surface area contributed by atoms with Crippen LogP contribution in [0.25, 0.3) is 10.1 Å². The lowest BCUT2D eigenvalue weighted by molar-refractivity contribution is -0.148. The molecule has 0 fully saturated rings. The van der Waals surface area contributed by atoms with Crippen LogP contribution in [0.1, 0.15) is 9.67 Å². The Bertz CT molecular complexity index is 1180. The number of ether oxygens (including phenoxy) is 2. The molecule has 3 aromatic rings. The third-order valence-electron chi connectivity index (χ3n) is 4.02. The van der Waals surface area contributed by atoms with Crippen LogP contribution in [0.5, 0.6) is 5.75 Å². The van der Waals surface area contributed by atoms with E-state index >= 15 is 0 Å². The van der Waals surface area contributed by atoms with Gasteiger partial charge in [-0.3, -0.25) is 30.0 Å². The molecule has 3 rings (SSSR count). The number of amides is 3. The zero-order chi connectivity index (χ0) is 23.8. The number of esters is 1. The summed E-state index contributed by atoms with van der Waals surface area (Å²) in [5.74, 6) is -2.35. The number of carbonyl (C=O) groups is 4. The van der Waals surface area contributed by atoms with Crippen LogP contribution in [0.4, 0.5) is 0 Å². The fourth-order valence-corrected chi connectivity index (χ4v) is 4.04. The molecule has 0 aliphatic rings. The van der Waals surface area contributed by atoms with Gasteiger partial charge in [0.2, 0.25) is 0 Å². The molecule has 12 heteroatoms. The molecule has 0 aliphatic heterocycles. The lowest BCUT2D eigenvalue weighted by Crippen LogP contribution is -2.45. The number of hydrogen-bond donors (Lipinski definition) is 3. The van der Waals surface area contributed by atoms with Gasteiger partial charge in [0.25, 0.3) is 17.7 Å². The van der Waals surface area contributed by atoms with Crippen LogP contribution >= 0.6 is 34.5 Å².